The van der Waals surface area contributed by atoms with E-state index in [1.165, 1.54) is 0 Å². The van der Waals surface area contributed by atoms with Crippen LogP contribution in [0.5, 0.6) is 5.75 Å². The van der Waals surface area contributed by atoms with Crippen molar-refractivity contribution in [2.24, 2.45) is 5.92 Å². The Morgan fingerprint density at radius 2 is 1.88 bits per heavy atom. The highest BCUT2D eigenvalue weighted by Gasteiger charge is 2.23. The quantitative estimate of drug-likeness (QED) is 0.733. The molecule has 1 aromatic carbocycles. The number of hydrogen-bond donors (Lipinski definition) is 2. The molecule has 0 aromatic heterocycles. The largest absolute Gasteiger partial charge is 0.492 e. The van der Waals surface area contributed by atoms with E-state index in [9.17, 15) is 9.59 Å². The minimum atomic E-state index is -1.04. The van der Waals surface area contributed by atoms with Crippen LogP contribution >= 0.6 is 0 Å². The molecule has 25 heavy (non-hydrogen) atoms. The molecule has 2 N–H and O–H groups in total. The number of nitrogens with one attached hydrogen (secondary N) is 1. The molecule has 1 saturated heterocycles. The maximum absolute atomic E-state index is 12.2. The Morgan fingerprint density at radius 3 is 2.44 bits per heavy atom. The molecule has 138 valence electrons. The van der Waals surface area contributed by atoms with E-state index in [2.05, 4.69) is 10.2 Å². The minimum absolute atomic E-state index is 0.191. The maximum atomic E-state index is 12.2. The number of carboxylic acid groups (broad SMARTS) is 1. The first-order valence-electron chi connectivity index (χ1n) is 8.54. The molecule has 1 aliphatic rings. The first kappa shape index (κ1) is 19.2. The smallest absolute Gasteiger partial charge is 0.326 e. The maximum Gasteiger partial charge on any atom is 0.326 e. The predicted molar refractivity (Wildman–Crippen MR) is 92.9 cm³/mol. The van der Waals surface area contributed by atoms with Crippen LogP contribution in [-0.4, -0.2) is 67.4 Å². The normalized spacial score (nSPS) is 16.4. The van der Waals surface area contributed by atoms with Gasteiger partial charge in [-0.15, -0.1) is 0 Å². The zero-order valence-electron chi connectivity index (χ0n) is 14.7. The molecular formula is C18H26N2O5. The number of rotatable bonds is 8. The Labute approximate surface area is 147 Å². The van der Waals surface area contributed by atoms with Gasteiger partial charge in [0.2, 0.25) is 0 Å². The third-order valence-corrected chi connectivity index (χ3v) is 4.12. The summed E-state index contributed by atoms with van der Waals surface area (Å²) in [5, 5.41) is 11.7. The second-order valence-electron chi connectivity index (χ2n) is 6.36. The van der Waals surface area contributed by atoms with Gasteiger partial charge in [-0.1, -0.05) is 13.8 Å². The standard InChI is InChI=1S/C18H26N2O5/c1-13(2)16(18(22)23)19-17(21)14-3-5-15(6-4-14)25-12-9-20-7-10-24-11-8-20/h3-6,13,16H,7-12H2,1-2H3,(H,19,21)(H,22,23)/t16-/m0/s1. The number of hydrogen-bond acceptors (Lipinski definition) is 5. The molecule has 7 nitrogen and oxygen atoms in total. The van der Waals surface area contributed by atoms with Crippen molar-refractivity contribution in [2.75, 3.05) is 39.5 Å². The highest BCUT2D eigenvalue weighted by atomic mass is 16.5. The highest BCUT2D eigenvalue weighted by Crippen LogP contribution is 2.13. The summed E-state index contributed by atoms with van der Waals surface area (Å²) in [5.41, 5.74) is 0.410. The average Bonchev–Trinajstić information content (AvgIpc) is 2.60. The Morgan fingerprint density at radius 1 is 1.24 bits per heavy atom. The summed E-state index contributed by atoms with van der Waals surface area (Å²) < 4.78 is 11.0. The van der Waals surface area contributed by atoms with Crippen LogP contribution in [0.2, 0.25) is 0 Å². The van der Waals surface area contributed by atoms with Crippen molar-refractivity contribution in [3.8, 4) is 5.75 Å². The summed E-state index contributed by atoms with van der Waals surface area (Å²) in [6, 6.07) is 5.81. The summed E-state index contributed by atoms with van der Waals surface area (Å²) in [6.45, 7) is 8.27. The summed E-state index contributed by atoms with van der Waals surface area (Å²) in [5.74, 6) is -0.944. The molecule has 1 aromatic rings. The lowest BCUT2D eigenvalue weighted by Crippen LogP contribution is -2.44. The predicted octanol–water partition coefficient (Wildman–Crippen LogP) is 1.24. The van der Waals surface area contributed by atoms with Crippen LogP contribution in [0.15, 0.2) is 24.3 Å². The van der Waals surface area contributed by atoms with Crippen LogP contribution in [0.1, 0.15) is 24.2 Å². The van der Waals surface area contributed by atoms with E-state index in [1.54, 1.807) is 38.1 Å². The fourth-order valence-electron chi connectivity index (χ4n) is 2.56. The van der Waals surface area contributed by atoms with Gasteiger partial charge in [-0.2, -0.15) is 0 Å². The van der Waals surface area contributed by atoms with E-state index in [-0.39, 0.29) is 5.92 Å². The van der Waals surface area contributed by atoms with Gasteiger partial charge in [0.15, 0.2) is 0 Å². The van der Waals surface area contributed by atoms with Gasteiger partial charge in [-0.05, 0) is 30.2 Å². The summed E-state index contributed by atoms with van der Waals surface area (Å²) in [4.78, 5) is 25.6. The van der Waals surface area contributed by atoms with E-state index in [0.717, 1.165) is 32.8 Å². The molecule has 1 aliphatic heterocycles. The summed E-state index contributed by atoms with van der Waals surface area (Å²) >= 11 is 0. The number of amides is 1. The van der Waals surface area contributed by atoms with Gasteiger partial charge in [-0.3, -0.25) is 9.69 Å². The second kappa shape index (κ2) is 9.39. The first-order chi connectivity index (χ1) is 12.0. The molecule has 2 rings (SSSR count). The molecule has 0 saturated carbocycles. The first-order valence-corrected chi connectivity index (χ1v) is 8.54. The van der Waals surface area contributed by atoms with E-state index in [0.29, 0.717) is 17.9 Å². The third-order valence-electron chi connectivity index (χ3n) is 4.12. The van der Waals surface area contributed by atoms with Crippen molar-refractivity contribution >= 4 is 11.9 Å². The molecule has 0 aliphatic carbocycles. The Balaban J connectivity index is 1.82. The molecule has 1 fully saturated rings. The van der Waals surface area contributed by atoms with Crippen molar-refractivity contribution in [3.05, 3.63) is 29.8 Å². The average molecular weight is 350 g/mol. The van der Waals surface area contributed by atoms with Gasteiger partial charge in [0.25, 0.3) is 5.91 Å². The fourth-order valence-corrected chi connectivity index (χ4v) is 2.56. The molecule has 7 heteroatoms. The number of ether oxygens (including phenoxy) is 2. The van der Waals surface area contributed by atoms with Gasteiger partial charge in [0.05, 0.1) is 13.2 Å². The summed E-state index contributed by atoms with van der Waals surface area (Å²) in [6.07, 6.45) is 0. The van der Waals surface area contributed by atoms with E-state index in [4.69, 9.17) is 14.6 Å². The van der Waals surface area contributed by atoms with Crippen LogP contribution < -0.4 is 10.1 Å². The zero-order valence-corrected chi connectivity index (χ0v) is 14.7. The molecule has 0 unspecified atom stereocenters. The Bertz CT molecular complexity index is 567. The van der Waals surface area contributed by atoms with Crippen LogP contribution in [0.3, 0.4) is 0 Å². The van der Waals surface area contributed by atoms with Gasteiger partial charge in [0, 0.05) is 25.2 Å². The molecule has 1 amide bonds. The lowest BCUT2D eigenvalue weighted by molar-refractivity contribution is -0.140. The molecule has 0 bridgehead atoms. The molecular weight excluding hydrogens is 324 g/mol. The van der Waals surface area contributed by atoms with Crippen LogP contribution in [0.25, 0.3) is 0 Å². The van der Waals surface area contributed by atoms with Crippen LogP contribution in [0, 0.1) is 5.92 Å². The number of morpholine rings is 1. The number of carbonyl (C=O) groups is 2. The lowest BCUT2D eigenvalue weighted by Gasteiger charge is -2.26. The van der Waals surface area contributed by atoms with Gasteiger partial charge >= 0.3 is 5.97 Å². The number of aliphatic carboxylic acids is 1. The van der Waals surface area contributed by atoms with Gasteiger partial charge < -0.3 is 19.9 Å². The molecule has 1 atom stereocenters. The second-order valence-corrected chi connectivity index (χ2v) is 6.36. The number of nitrogens with zero attached hydrogens (tertiary/aromatic N) is 1. The van der Waals surface area contributed by atoms with E-state index >= 15 is 0 Å². The lowest BCUT2D eigenvalue weighted by atomic mass is 10.0. The SMILES string of the molecule is CC(C)[C@H](NC(=O)c1ccc(OCCN2CCOCC2)cc1)C(=O)O. The number of carbonyl (C=O) groups excluding carboxylic acids is 1. The highest BCUT2D eigenvalue weighted by molar-refractivity contribution is 5.96. The van der Waals surface area contributed by atoms with Crippen molar-refractivity contribution < 1.29 is 24.2 Å². The molecule has 0 spiro atoms. The van der Waals surface area contributed by atoms with Crippen molar-refractivity contribution in [1.82, 2.24) is 10.2 Å². The number of benzene rings is 1. The Kier molecular flexibility index (Phi) is 7.21. The fraction of sp³-hybridized carbons (Fsp3) is 0.556. The molecule has 1 heterocycles. The molecule has 0 radical (unpaired) electrons. The van der Waals surface area contributed by atoms with Gasteiger partial charge in [0.1, 0.15) is 18.4 Å². The summed E-state index contributed by atoms with van der Waals surface area (Å²) in [7, 11) is 0. The van der Waals surface area contributed by atoms with Crippen LogP contribution in [-0.2, 0) is 9.53 Å². The number of carboxylic acids is 1. The minimum Gasteiger partial charge on any atom is -0.492 e. The third kappa shape index (κ3) is 6.03. The Hall–Kier alpha value is -2.12. The monoisotopic (exact) mass is 350 g/mol. The van der Waals surface area contributed by atoms with E-state index in [1.807, 2.05) is 0 Å². The van der Waals surface area contributed by atoms with Crippen molar-refractivity contribution in [3.63, 3.8) is 0 Å². The van der Waals surface area contributed by atoms with Gasteiger partial charge in [-0.25, -0.2) is 4.79 Å². The van der Waals surface area contributed by atoms with Crippen molar-refractivity contribution in [1.29, 1.82) is 0 Å². The zero-order chi connectivity index (χ0) is 18.2. The van der Waals surface area contributed by atoms with Crippen LogP contribution in [0.4, 0.5) is 0 Å². The topological polar surface area (TPSA) is 88.1 Å². The van der Waals surface area contributed by atoms with E-state index < -0.39 is 17.9 Å². The van der Waals surface area contributed by atoms with Crippen molar-refractivity contribution in [2.45, 2.75) is 19.9 Å².